The van der Waals surface area contributed by atoms with Crippen molar-refractivity contribution < 1.29 is 0 Å². The molecule has 0 unspecified atom stereocenters. The molecule has 0 saturated carbocycles. The van der Waals surface area contributed by atoms with Crippen LogP contribution in [-0.4, -0.2) is 0 Å². The van der Waals surface area contributed by atoms with Crippen LogP contribution in [-0.2, 0) is 0 Å². The van der Waals surface area contributed by atoms with Crippen LogP contribution in [0.3, 0.4) is 0 Å². The molecular formula is C11H18. The average molecular weight is 150 g/mol. The maximum Gasteiger partial charge on any atom is -0.0110 e. The molecule has 0 spiro atoms. The Kier molecular flexibility index (Phi) is 2.22. The van der Waals surface area contributed by atoms with E-state index in [-0.39, 0.29) is 0 Å². The molecule has 0 radical (unpaired) electrons. The summed E-state index contributed by atoms with van der Waals surface area (Å²) in [5.41, 5.74) is 3.43. The van der Waals surface area contributed by atoms with Gasteiger partial charge in [-0.3, -0.25) is 0 Å². The van der Waals surface area contributed by atoms with Gasteiger partial charge in [-0.15, -0.1) is 0 Å². The molecule has 0 aromatic heterocycles. The number of rotatable bonds is 1. The zero-order valence-corrected chi connectivity index (χ0v) is 8.07. The van der Waals surface area contributed by atoms with Gasteiger partial charge in [0.05, 0.1) is 0 Å². The average Bonchev–Trinajstić information content (AvgIpc) is 1.95. The fraction of sp³-hybridized carbons (Fsp3) is 0.636. The molecular weight excluding hydrogens is 132 g/mol. The largest absolute Gasteiger partial charge is 0.0805 e. The van der Waals surface area contributed by atoms with E-state index in [0.717, 1.165) is 0 Å². The van der Waals surface area contributed by atoms with Gasteiger partial charge in [0.15, 0.2) is 0 Å². The minimum Gasteiger partial charge on any atom is -0.0805 e. The van der Waals surface area contributed by atoms with Gasteiger partial charge in [-0.05, 0) is 25.2 Å². The lowest BCUT2D eigenvalue weighted by molar-refractivity contribution is 0.445. The van der Waals surface area contributed by atoms with E-state index in [4.69, 9.17) is 0 Å². The third kappa shape index (κ3) is 1.74. The second-order valence-corrected chi connectivity index (χ2v) is 4.05. The van der Waals surface area contributed by atoms with Gasteiger partial charge in [0, 0.05) is 0 Å². The predicted octanol–water partition coefficient (Wildman–Crippen LogP) is 3.70. The van der Waals surface area contributed by atoms with Crippen molar-refractivity contribution in [3.8, 4) is 0 Å². The van der Waals surface area contributed by atoms with Crippen molar-refractivity contribution in [2.45, 2.75) is 40.5 Å². The monoisotopic (exact) mass is 150 g/mol. The van der Waals surface area contributed by atoms with Crippen molar-refractivity contribution in [2.75, 3.05) is 0 Å². The minimum atomic E-state index is 0.401. The zero-order valence-electron chi connectivity index (χ0n) is 8.07. The molecule has 1 rings (SSSR count). The van der Waals surface area contributed by atoms with Gasteiger partial charge in [-0.2, -0.15) is 0 Å². The lowest BCUT2D eigenvalue weighted by Crippen LogP contribution is -2.14. The second-order valence-electron chi connectivity index (χ2n) is 4.05. The molecule has 0 heterocycles. The first kappa shape index (κ1) is 8.58. The molecule has 0 saturated heterocycles. The van der Waals surface area contributed by atoms with Crippen LogP contribution in [0, 0.1) is 5.41 Å². The fourth-order valence-corrected chi connectivity index (χ4v) is 1.33. The number of allylic oxidation sites excluding steroid dienone is 4. The molecule has 1 aliphatic rings. The Bertz CT molecular complexity index is 204. The first-order valence-electron chi connectivity index (χ1n) is 4.44. The molecule has 0 aliphatic heterocycles. The Hall–Kier alpha value is -0.520. The fourth-order valence-electron chi connectivity index (χ4n) is 1.33. The van der Waals surface area contributed by atoms with E-state index in [1.807, 2.05) is 0 Å². The van der Waals surface area contributed by atoms with Crippen LogP contribution >= 0.6 is 0 Å². The molecule has 0 heteroatoms. The van der Waals surface area contributed by atoms with E-state index in [9.17, 15) is 0 Å². The molecule has 0 aromatic rings. The van der Waals surface area contributed by atoms with Crippen molar-refractivity contribution >= 4 is 0 Å². The zero-order chi connectivity index (χ0) is 8.48. The van der Waals surface area contributed by atoms with Crippen LogP contribution in [0.1, 0.15) is 40.5 Å². The van der Waals surface area contributed by atoms with Crippen LogP contribution in [0.2, 0.25) is 0 Å². The van der Waals surface area contributed by atoms with Gasteiger partial charge in [0.2, 0.25) is 0 Å². The van der Waals surface area contributed by atoms with E-state index in [0.29, 0.717) is 5.41 Å². The maximum atomic E-state index is 2.37. The molecule has 0 nitrogen and oxygen atoms in total. The van der Waals surface area contributed by atoms with E-state index >= 15 is 0 Å². The summed E-state index contributed by atoms with van der Waals surface area (Å²) in [6.45, 7) is 9.07. The van der Waals surface area contributed by atoms with Crippen LogP contribution in [0.15, 0.2) is 23.3 Å². The van der Waals surface area contributed by atoms with E-state index in [2.05, 4.69) is 39.8 Å². The van der Waals surface area contributed by atoms with Crippen molar-refractivity contribution in [1.29, 1.82) is 0 Å². The highest BCUT2D eigenvalue weighted by Gasteiger charge is 2.21. The quantitative estimate of drug-likeness (QED) is 0.534. The molecule has 1 aliphatic carbocycles. The third-order valence-corrected chi connectivity index (χ3v) is 2.75. The summed E-state index contributed by atoms with van der Waals surface area (Å²) in [6, 6.07) is 0. The molecule has 0 atom stereocenters. The van der Waals surface area contributed by atoms with Crippen molar-refractivity contribution in [3.05, 3.63) is 23.3 Å². The van der Waals surface area contributed by atoms with Gasteiger partial charge in [0.1, 0.15) is 0 Å². The number of hydrogen-bond donors (Lipinski definition) is 0. The smallest absolute Gasteiger partial charge is 0.0110 e. The Morgan fingerprint density at radius 3 is 2.55 bits per heavy atom. The van der Waals surface area contributed by atoms with E-state index < -0.39 is 0 Å². The Balaban J connectivity index is 2.82. The highest BCUT2D eigenvalue weighted by atomic mass is 14.3. The van der Waals surface area contributed by atoms with Gasteiger partial charge >= 0.3 is 0 Å². The summed E-state index contributed by atoms with van der Waals surface area (Å²) in [4.78, 5) is 0. The van der Waals surface area contributed by atoms with Crippen LogP contribution in [0.25, 0.3) is 0 Å². The summed E-state index contributed by atoms with van der Waals surface area (Å²) in [5, 5.41) is 0. The summed E-state index contributed by atoms with van der Waals surface area (Å²) in [6.07, 6.45) is 7.09. The molecule has 62 valence electrons. The van der Waals surface area contributed by atoms with E-state index in [1.54, 1.807) is 0 Å². The molecule has 0 amide bonds. The van der Waals surface area contributed by atoms with Gasteiger partial charge in [-0.25, -0.2) is 0 Å². The van der Waals surface area contributed by atoms with Crippen LogP contribution in [0.5, 0.6) is 0 Å². The van der Waals surface area contributed by atoms with E-state index in [1.165, 1.54) is 24.0 Å². The Morgan fingerprint density at radius 2 is 2.09 bits per heavy atom. The normalized spacial score (nSPS) is 22.5. The molecule has 0 fully saturated rings. The summed E-state index contributed by atoms with van der Waals surface area (Å²) < 4.78 is 0. The summed E-state index contributed by atoms with van der Waals surface area (Å²) in [7, 11) is 0. The van der Waals surface area contributed by atoms with Gasteiger partial charge in [-0.1, -0.05) is 44.1 Å². The first-order valence-corrected chi connectivity index (χ1v) is 4.44. The third-order valence-electron chi connectivity index (χ3n) is 2.75. The lowest BCUT2D eigenvalue weighted by atomic mass is 9.77. The Morgan fingerprint density at radius 1 is 1.45 bits per heavy atom. The summed E-state index contributed by atoms with van der Waals surface area (Å²) in [5.74, 6) is 0. The van der Waals surface area contributed by atoms with Crippen molar-refractivity contribution in [3.63, 3.8) is 0 Å². The van der Waals surface area contributed by atoms with Crippen molar-refractivity contribution in [2.24, 2.45) is 5.41 Å². The predicted molar refractivity (Wildman–Crippen MR) is 50.5 cm³/mol. The highest BCUT2D eigenvalue weighted by Crippen LogP contribution is 2.35. The standard InChI is InChI=1S/C11H18/c1-5-10-6-7-11(3,4)9(2)8-10/h6,8H,5,7H2,1-4H3. The molecule has 0 bridgehead atoms. The molecule has 0 N–H and O–H groups in total. The van der Waals surface area contributed by atoms with Crippen LogP contribution < -0.4 is 0 Å². The SMILES string of the molecule is CCC1=CCC(C)(C)C(C)=C1. The molecule has 0 aromatic carbocycles. The highest BCUT2D eigenvalue weighted by molar-refractivity contribution is 5.30. The second kappa shape index (κ2) is 2.84. The lowest BCUT2D eigenvalue weighted by Gasteiger charge is -2.28. The maximum absolute atomic E-state index is 2.37. The number of hydrogen-bond acceptors (Lipinski definition) is 0. The Labute approximate surface area is 70.0 Å². The van der Waals surface area contributed by atoms with Gasteiger partial charge < -0.3 is 0 Å². The summed E-state index contributed by atoms with van der Waals surface area (Å²) >= 11 is 0. The topological polar surface area (TPSA) is 0 Å². The van der Waals surface area contributed by atoms with Crippen molar-refractivity contribution in [1.82, 2.24) is 0 Å². The molecule has 11 heavy (non-hydrogen) atoms. The minimum absolute atomic E-state index is 0.401. The first-order chi connectivity index (χ1) is 5.06. The van der Waals surface area contributed by atoms with Gasteiger partial charge in [0.25, 0.3) is 0 Å². The van der Waals surface area contributed by atoms with Crippen LogP contribution in [0.4, 0.5) is 0 Å².